The maximum absolute atomic E-state index is 12.3. The molecule has 0 saturated heterocycles. The number of pyridine rings is 1. The lowest BCUT2D eigenvalue weighted by Crippen LogP contribution is -2.12. The number of carbonyl (C=O) groups excluding carboxylic acids is 1. The fourth-order valence-corrected chi connectivity index (χ4v) is 2.49. The zero-order valence-corrected chi connectivity index (χ0v) is 13.2. The highest BCUT2D eigenvalue weighted by molar-refractivity contribution is 6.04. The number of hydrogen-bond donors (Lipinski definition) is 1. The van der Waals surface area contributed by atoms with Crippen molar-refractivity contribution in [3.8, 4) is 11.4 Å². The highest BCUT2D eigenvalue weighted by Crippen LogP contribution is 2.36. The number of amides is 1. The molecule has 0 unspecified atom stereocenters. The number of aromatic nitrogens is 5. The summed E-state index contributed by atoms with van der Waals surface area (Å²) in [5, 5.41) is 14.8. The van der Waals surface area contributed by atoms with Gasteiger partial charge in [-0.05, 0) is 54.5 Å². The highest BCUT2D eigenvalue weighted by atomic mass is 16.1. The van der Waals surface area contributed by atoms with Crippen molar-refractivity contribution in [2.75, 3.05) is 5.32 Å². The molecule has 7 heteroatoms. The normalized spacial score (nSPS) is 13.7. The standard InChI is InChI=1S/C17H16N6O/c1-11-5-6-13(10-18-11)17(24)19-14-4-2-3-12(9-14)16-20-21-22-23(16)15-7-8-15/h2-6,9-10,15H,7-8H2,1H3,(H,19,24). The van der Waals surface area contributed by atoms with Crippen LogP contribution in [0.4, 0.5) is 5.69 Å². The Morgan fingerprint density at radius 3 is 2.88 bits per heavy atom. The van der Waals surface area contributed by atoms with Gasteiger partial charge in [0.05, 0.1) is 11.6 Å². The number of aryl methyl sites for hydroxylation is 1. The molecule has 1 aliphatic rings. The van der Waals surface area contributed by atoms with Crippen molar-refractivity contribution < 1.29 is 4.79 Å². The maximum atomic E-state index is 12.3. The van der Waals surface area contributed by atoms with Gasteiger partial charge < -0.3 is 5.32 Å². The van der Waals surface area contributed by atoms with Crippen LogP contribution in [0.15, 0.2) is 42.6 Å². The van der Waals surface area contributed by atoms with Crippen LogP contribution in [0.25, 0.3) is 11.4 Å². The molecule has 7 nitrogen and oxygen atoms in total. The van der Waals surface area contributed by atoms with Crippen LogP contribution in [0.5, 0.6) is 0 Å². The molecule has 1 aliphatic carbocycles. The van der Waals surface area contributed by atoms with Crippen LogP contribution in [-0.2, 0) is 0 Å². The summed E-state index contributed by atoms with van der Waals surface area (Å²) < 4.78 is 1.85. The Bertz CT molecular complexity index is 882. The number of anilines is 1. The number of carbonyl (C=O) groups is 1. The lowest BCUT2D eigenvalue weighted by Gasteiger charge is -2.08. The molecule has 0 aliphatic heterocycles. The lowest BCUT2D eigenvalue weighted by molar-refractivity contribution is 0.102. The predicted molar refractivity (Wildman–Crippen MR) is 88.5 cm³/mol. The van der Waals surface area contributed by atoms with Crippen LogP contribution in [0.1, 0.15) is 34.9 Å². The molecule has 2 aromatic heterocycles. The first-order chi connectivity index (χ1) is 11.7. The van der Waals surface area contributed by atoms with Gasteiger partial charge in [-0.15, -0.1) is 5.10 Å². The average Bonchev–Trinajstić information content (AvgIpc) is 3.32. The van der Waals surface area contributed by atoms with Crippen LogP contribution in [0.2, 0.25) is 0 Å². The summed E-state index contributed by atoms with van der Waals surface area (Å²) in [7, 11) is 0. The van der Waals surface area contributed by atoms with E-state index < -0.39 is 0 Å². The molecule has 2 heterocycles. The Kier molecular flexibility index (Phi) is 3.53. The van der Waals surface area contributed by atoms with Gasteiger partial charge in [0.2, 0.25) is 0 Å². The first-order valence-corrected chi connectivity index (χ1v) is 7.83. The van der Waals surface area contributed by atoms with Crippen molar-refractivity contribution in [1.82, 2.24) is 25.2 Å². The molecule has 24 heavy (non-hydrogen) atoms. The maximum Gasteiger partial charge on any atom is 0.257 e. The molecule has 1 amide bonds. The predicted octanol–water partition coefficient (Wildman–Crippen LogP) is 2.63. The Morgan fingerprint density at radius 1 is 1.25 bits per heavy atom. The minimum Gasteiger partial charge on any atom is -0.322 e. The van der Waals surface area contributed by atoms with Crippen molar-refractivity contribution in [3.05, 3.63) is 53.9 Å². The van der Waals surface area contributed by atoms with Crippen molar-refractivity contribution in [2.24, 2.45) is 0 Å². The summed E-state index contributed by atoms with van der Waals surface area (Å²) in [6.45, 7) is 1.88. The van der Waals surface area contributed by atoms with E-state index in [9.17, 15) is 4.79 Å². The number of hydrogen-bond acceptors (Lipinski definition) is 5. The molecule has 1 fully saturated rings. The van der Waals surface area contributed by atoms with E-state index in [1.165, 1.54) is 0 Å². The fraction of sp³-hybridized carbons (Fsp3) is 0.235. The second kappa shape index (κ2) is 5.84. The Hall–Kier alpha value is -3.09. The first kappa shape index (κ1) is 14.5. The fourth-order valence-electron chi connectivity index (χ4n) is 2.49. The molecule has 0 spiro atoms. The highest BCUT2D eigenvalue weighted by Gasteiger charge is 2.28. The van der Waals surface area contributed by atoms with E-state index in [0.29, 0.717) is 17.3 Å². The lowest BCUT2D eigenvalue weighted by atomic mass is 10.1. The smallest absolute Gasteiger partial charge is 0.257 e. The van der Waals surface area contributed by atoms with Crippen LogP contribution >= 0.6 is 0 Å². The topological polar surface area (TPSA) is 85.6 Å². The molecule has 0 bridgehead atoms. The molecule has 0 atom stereocenters. The SMILES string of the molecule is Cc1ccc(C(=O)Nc2cccc(-c3nnnn3C3CC3)c2)cn1. The third-order valence-corrected chi connectivity index (χ3v) is 3.94. The van der Waals surface area contributed by atoms with E-state index in [0.717, 1.165) is 29.9 Å². The van der Waals surface area contributed by atoms with Gasteiger partial charge in [-0.3, -0.25) is 9.78 Å². The Labute approximate surface area is 138 Å². The minimum atomic E-state index is -0.193. The number of benzene rings is 1. The van der Waals surface area contributed by atoms with Gasteiger partial charge in [0.1, 0.15) is 0 Å². The molecule has 1 aromatic carbocycles. The summed E-state index contributed by atoms with van der Waals surface area (Å²) in [5.41, 5.74) is 2.98. The average molecular weight is 320 g/mol. The first-order valence-electron chi connectivity index (χ1n) is 7.83. The summed E-state index contributed by atoms with van der Waals surface area (Å²) in [6, 6.07) is 11.5. The second-order valence-electron chi connectivity index (χ2n) is 5.90. The number of nitrogens with one attached hydrogen (secondary N) is 1. The van der Waals surface area contributed by atoms with Gasteiger partial charge in [0.15, 0.2) is 5.82 Å². The molecule has 0 radical (unpaired) electrons. The molecule has 1 saturated carbocycles. The van der Waals surface area contributed by atoms with Crippen molar-refractivity contribution >= 4 is 11.6 Å². The van der Waals surface area contributed by atoms with Crippen molar-refractivity contribution in [2.45, 2.75) is 25.8 Å². The second-order valence-corrected chi connectivity index (χ2v) is 5.90. The quantitative estimate of drug-likeness (QED) is 0.798. The van der Waals surface area contributed by atoms with E-state index in [4.69, 9.17) is 0 Å². The van der Waals surface area contributed by atoms with Crippen LogP contribution in [-0.4, -0.2) is 31.1 Å². The molecule has 3 aromatic rings. The molecular formula is C17H16N6O. The van der Waals surface area contributed by atoms with Crippen molar-refractivity contribution in [1.29, 1.82) is 0 Å². The largest absolute Gasteiger partial charge is 0.322 e. The summed E-state index contributed by atoms with van der Waals surface area (Å²) in [6.07, 6.45) is 3.78. The zero-order valence-electron chi connectivity index (χ0n) is 13.2. The van der Waals surface area contributed by atoms with Gasteiger partial charge in [-0.25, -0.2) is 4.68 Å². The summed E-state index contributed by atoms with van der Waals surface area (Å²) >= 11 is 0. The van der Waals surface area contributed by atoms with Gasteiger partial charge in [-0.2, -0.15) is 0 Å². The summed E-state index contributed by atoms with van der Waals surface area (Å²) in [4.78, 5) is 16.5. The molecular weight excluding hydrogens is 304 g/mol. The van der Waals surface area contributed by atoms with Crippen LogP contribution in [0.3, 0.4) is 0 Å². The van der Waals surface area contributed by atoms with Crippen LogP contribution < -0.4 is 5.32 Å². The van der Waals surface area contributed by atoms with Crippen LogP contribution in [0, 0.1) is 6.92 Å². The molecule has 4 rings (SSSR count). The molecule has 120 valence electrons. The van der Waals surface area contributed by atoms with Gasteiger partial charge >= 0.3 is 0 Å². The van der Waals surface area contributed by atoms with Gasteiger partial charge in [-0.1, -0.05) is 12.1 Å². The van der Waals surface area contributed by atoms with E-state index >= 15 is 0 Å². The monoisotopic (exact) mass is 320 g/mol. The molecule has 1 N–H and O–H groups in total. The Morgan fingerprint density at radius 2 is 2.12 bits per heavy atom. The third-order valence-electron chi connectivity index (χ3n) is 3.94. The van der Waals surface area contributed by atoms with E-state index in [1.54, 1.807) is 12.3 Å². The van der Waals surface area contributed by atoms with Gasteiger partial charge in [0.25, 0.3) is 5.91 Å². The zero-order chi connectivity index (χ0) is 16.5. The van der Waals surface area contributed by atoms with Gasteiger partial charge in [0, 0.05) is 23.1 Å². The number of nitrogens with zero attached hydrogens (tertiary/aromatic N) is 5. The van der Waals surface area contributed by atoms with E-state index in [2.05, 4.69) is 25.8 Å². The number of tetrazole rings is 1. The Balaban J connectivity index is 1.57. The minimum absolute atomic E-state index is 0.193. The summed E-state index contributed by atoms with van der Waals surface area (Å²) in [5.74, 6) is 0.534. The van der Waals surface area contributed by atoms with E-state index in [-0.39, 0.29) is 5.91 Å². The van der Waals surface area contributed by atoms with E-state index in [1.807, 2.05) is 41.9 Å². The van der Waals surface area contributed by atoms with Crippen molar-refractivity contribution in [3.63, 3.8) is 0 Å². The third kappa shape index (κ3) is 2.88. The number of rotatable bonds is 4.